The lowest BCUT2D eigenvalue weighted by Crippen LogP contribution is -2.36. The lowest BCUT2D eigenvalue weighted by Gasteiger charge is -2.26. The number of ether oxygens (including phenoxy) is 9. The molecule has 444 valence electrons. The molecule has 0 saturated carbocycles. The number of nitrogens with zero attached hydrogens (tertiary/aromatic N) is 6. The van der Waals surface area contributed by atoms with E-state index in [1.165, 1.54) is 102 Å². The van der Waals surface area contributed by atoms with Gasteiger partial charge in [-0.2, -0.15) is 0 Å². The second-order valence-electron chi connectivity index (χ2n) is 19.6. The van der Waals surface area contributed by atoms with Crippen molar-refractivity contribution in [2.75, 3.05) is 123 Å². The number of benzene rings is 3. The SMILES string of the molecule is COc1cc(OC)c(C#Cc2cc(CN3CCN(Cc4cc(C#Cc5c(OC)cc(OC)cc5OC)cc(P(C)(=O)O)n4)CCN(Cc4cc(C#Cc5c(OC)cc(OC)cc5OC)cc(P(C)(=O)O)n4)CC3)nc(P(C)(=O)O)c2)c(OC)c1. The average Bonchev–Trinajstić information content (AvgIpc) is 3.59. The molecule has 3 atom stereocenters. The van der Waals surface area contributed by atoms with Crippen LogP contribution in [0.25, 0.3) is 0 Å². The fraction of sp³-hybridized carbons (Fsp3) is 0.350. The van der Waals surface area contributed by atoms with E-state index in [4.69, 9.17) is 57.6 Å². The van der Waals surface area contributed by atoms with E-state index < -0.39 is 22.1 Å². The molecule has 3 N–H and O–H groups in total. The number of aromatic nitrogens is 3. The summed E-state index contributed by atoms with van der Waals surface area (Å²) in [6, 6.07) is 19.9. The van der Waals surface area contributed by atoms with Gasteiger partial charge in [-0.3, -0.25) is 28.4 Å². The molecule has 7 rings (SSSR count). The number of pyridine rings is 3. The number of rotatable bonds is 18. The van der Waals surface area contributed by atoms with Crippen molar-refractivity contribution in [3.63, 3.8) is 0 Å². The third kappa shape index (κ3) is 16.8. The summed E-state index contributed by atoms with van der Waals surface area (Å²) in [6.45, 7) is 7.16. The molecule has 1 saturated heterocycles. The highest BCUT2D eigenvalue weighted by molar-refractivity contribution is 7.65. The van der Waals surface area contributed by atoms with Crippen LogP contribution in [0, 0.1) is 35.5 Å². The van der Waals surface area contributed by atoms with Gasteiger partial charge in [0.1, 0.15) is 84.7 Å². The zero-order valence-corrected chi connectivity index (χ0v) is 51.7. The minimum atomic E-state index is -3.92. The second-order valence-corrected chi connectivity index (χ2v) is 26.2. The molecule has 3 aromatic carbocycles. The second kappa shape index (κ2) is 28.3. The third-order valence-electron chi connectivity index (χ3n) is 13.4. The van der Waals surface area contributed by atoms with E-state index in [-0.39, 0.29) is 35.9 Å². The van der Waals surface area contributed by atoms with E-state index in [0.29, 0.717) is 141 Å². The van der Waals surface area contributed by atoms with E-state index in [0.717, 1.165) is 0 Å². The molecule has 0 amide bonds. The van der Waals surface area contributed by atoms with Crippen molar-refractivity contribution in [2.45, 2.75) is 19.6 Å². The molecular weight excluding hydrogens is 1140 g/mol. The molecule has 6 aromatic rings. The lowest BCUT2D eigenvalue weighted by molar-refractivity contribution is 0.207. The van der Waals surface area contributed by atoms with Crippen molar-refractivity contribution < 1.29 is 71.0 Å². The summed E-state index contributed by atoms with van der Waals surface area (Å²) in [5, 5.41) is 0. The fourth-order valence-corrected chi connectivity index (χ4v) is 11.0. The number of hydrogen-bond acceptors (Lipinski definition) is 18. The van der Waals surface area contributed by atoms with E-state index in [9.17, 15) is 28.4 Å². The lowest BCUT2D eigenvalue weighted by atomic mass is 10.1. The van der Waals surface area contributed by atoms with Crippen molar-refractivity contribution in [3.8, 4) is 87.3 Å². The predicted molar refractivity (Wildman–Crippen MR) is 321 cm³/mol. The Morgan fingerprint density at radius 3 is 0.750 bits per heavy atom. The van der Waals surface area contributed by atoms with Crippen LogP contribution in [0.15, 0.2) is 72.8 Å². The van der Waals surface area contributed by atoms with E-state index in [1.807, 2.05) is 0 Å². The highest BCUT2D eigenvalue weighted by Crippen LogP contribution is 2.38. The molecule has 1 fully saturated rings. The summed E-state index contributed by atoms with van der Waals surface area (Å²) in [5.74, 6) is 22.8. The van der Waals surface area contributed by atoms with Gasteiger partial charge < -0.3 is 57.3 Å². The maximum Gasteiger partial charge on any atom is 0.244 e. The summed E-state index contributed by atoms with van der Waals surface area (Å²) in [4.78, 5) is 53.5. The molecule has 3 aromatic heterocycles. The molecule has 1 aliphatic rings. The summed E-state index contributed by atoms with van der Waals surface area (Å²) < 4.78 is 90.2. The van der Waals surface area contributed by atoms with Crippen molar-refractivity contribution in [1.82, 2.24) is 29.7 Å². The summed E-state index contributed by atoms with van der Waals surface area (Å²) in [5.41, 5.74) is 3.97. The first kappa shape index (κ1) is 64.0. The Morgan fingerprint density at radius 2 is 0.571 bits per heavy atom. The van der Waals surface area contributed by atoms with Gasteiger partial charge in [-0.1, -0.05) is 35.5 Å². The molecule has 0 bridgehead atoms. The topological polar surface area (TPSA) is 243 Å². The zero-order valence-electron chi connectivity index (χ0n) is 49.1. The van der Waals surface area contributed by atoms with Gasteiger partial charge in [0.15, 0.2) is 0 Å². The van der Waals surface area contributed by atoms with Crippen LogP contribution in [-0.4, -0.2) is 168 Å². The summed E-state index contributed by atoms with van der Waals surface area (Å²) in [7, 11) is 1.88. The number of methoxy groups -OCH3 is 9. The minimum absolute atomic E-state index is 0.0258. The van der Waals surface area contributed by atoms with E-state index in [1.54, 1.807) is 54.6 Å². The molecule has 84 heavy (non-hydrogen) atoms. The normalized spacial score (nSPS) is 15.2. The molecular formula is C60H69N6O15P3. The summed E-state index contributed by atoms with van der Waals surface area (Å²) in [6.07, 6.45) is 0. The first-order valence-electron chi connectivity index (χ1n) is 26.1. The van der Waals surface area contributed by atoms with E-state index in [2.05, 4.69) is 50.2 Å². The monoisotopic (exact) mass is 1210 g/mol. The Kier molecular flexibility index (Phi) is 21.6. The first-order chi connectivity index (χ1) is 40.0. The van der Waals surface area contributed by atoms with Gasteiger partial charge in [0.05, 0.1) is 81.1 Å². The van der Waals surface area contributed by atoms with Gasteiger partial charge in [-0.05, 0) is 36.4 Å². The quantitative estimate of drug-likeness (QED) is 0.0706. The molecule has 3 unspecified atom stereocenters. The Bertz CT molecular complexity index is 3270. The molecule has 4 heterocycles. The predicted octanol–water partition coefficient (Wildman–Crippen LogP) is 5.54. The van der Waals surface area contributed by atoms with Gasteiger partial charge in [0.2, 0.25) is 22.1 Å². The molecule has 24 heteroatoms. The Balaban J connectivity index is 1.28. The largest absolute Gasteiger partial charge is 0.496 e. The van der Waals surface area contributed by atoms with Crippen LogP contribution in [0.3, 0.4) is 0 Å². The van der Waals surface area contributed by atoms with Crippen LogP contribution in [0.1, 0.15) is 50.5 Å². The number of hydrogen-bond donors (Lipinski definition) is 3. The van der Waals surface area contributed by atoms with Gasteiger partial charge in [-0.15, -0.1) is 0 Å². The first-order valence-corrected chi connectivity index (χ1v) is 32.4. The van der Waals surface area contributed by atoms with Gasteiger partial charge >= 0.3 is 0 Å². The van der Waals surface area contributed by atoms with Crippen LogP contribution in [-0.2, 0) is 33.3 Å². The van der Waals surface area contributed by atoms with Gasteiger partial charge in [-0.25, -0.2) is 15.0 Å². The zero-order chi connectivity index (χ0) is 60.9. The van der Waals surface area contributed by atoms with Crippen LogP contribution < -0.4 is 58.9 Å². The highest BCUT2D eigenvalue weighted by atomic mass is 31.2. The average molecular weight is 1210 g/mol. The Morgan fingerprint density at radius 1 is 0.357 bits per heavy atom. The fourth-order valence-electron chi connectivity index (χ4n) is 8.95. The van der Waals surface area contributed by atoms with Gasteiger partial charge in [0, 0.05) is 132 Å². The molecule has 0 radical (unpaired) electrons. The van der Waals surface area contributed by atoms with Crippen LogP contribution in [0.5, 0.6) is 51.7 Å². The molecule has 0 spiro atoms. The third-order valence-corrected chi connectivity index (χ3v) is 16.6. The Labute approximate surface area is 490 Å². The van der Waals surface area contributed by atoms with Crippen molar-refractivity contribution in [3.05, 3.63) is 123 Å². The maximum atomic E-state index is 13.4. The highest BCUT2D eigenvalue weighted by Gasteiger charge is 2.25. The molecule has 1 aliphatic heterocycles. The summed E-state index contributed by atoms with van der Waals surface area (Å²) >= 11 is 0. The molecule has 0 aliphatic carbocycles. The minimum Gasteiger partial charge on any atom is -0.496 e. The van der Waals surface area contributed by atoms with Crippen molar-refractivity contribution in [1.29, 1.82) is 0 Å². The van der Waals surface area contributed by atoms with Crippen LogP contribution >= 0.6 is 22.1 Å². The van der Waals surface area contributed by atoms with Crippen molar-refractivity contribution in [2.24, 2.45) is 0 Å². The smallest absolute Gasteiger partial charge is 0.244 e. The maximum absolute atomic E-state index is 13.4. The van der Waals surface area contributed by atoms with Gasteiger partial charge in [0.25, 0.3) is 0 Å². The Hall–Kier alpha value is -7.56. The molecule has 21 nitrogen and oxygen atoms in total. The van der Waals surface area contributed by atoms with Crippen LogP contribution in [0.2, 0.25) is 0 Å². The standard InChI is InChI=1S/C60H69N6O15P3/c1-73-46-31-52(76-4)49(53(32-46)77-5)16-13-40-25-43(61-58(28-40)82(10,67)68)37-64-19-21-65(38-44-26-41(29-59(62-44)83(11,69)70)14-17-50-54(78-6)33-47(74-2)34-55(50)79-7)23-24-66(22-20-64)39-45-27-42(30-60(63-45)84(12,71)72)15-18-51-56(80-8)35-48(75-3)36-57(51)81-9/h25-36H,19-24,37-39H2,1-12H3,(H,67,68)(H,69,70)(H,71,72). The van der Waals surface area contributed by atoms with Crippen LogP contribution in [0.4, 0.5) is 0 Å². The van der Waals surface area contributed by atoms with E-state index >= 15 is 0 Å². The van der Waals surface area contributed by atoms with Crippen molar-refractivity contribution >= 4 is 38.4 Å².